The van der Waals surface area contributed by atoms with Crippen LogP contribution in [0.4, 0.5) is 0 Å². The molecule has 0 aromatic heterocycles. The van der Waals surface area contributed by atoms with Crippen LogP contribution in [0.15, 0.2) is 0 Å². The van der Waals surface area contributed by atoms with Crippen molar-refractivity contribution in [2.75, 3.05) is 19.6 Å². The lowest BCUT2D eigenvalue weighted by Gasteiger charge is -2.22. The monoisotopic (exact) mass is 207 g/mol. The van der Waals surface area contributed by atoms with E-state index in [-0.39, 0.29) is 0 Å². The highest BCUT2D eigenvalue weighted by Crippen LogP contribution is 2.02. The Bertz CT molecular complexity index is 101. The number of unbranched alkanes of at least 4 members (excludes halogenated alkanes) is 2. The van der Waals surface area contributed by atoms with Crippen molar-refractivity contribution in [2.24, 2.45) is 0 Å². The van der Waals surface area contributed by atoms with Crippen LogP contribution in [0.25, 0.3) is 0 Å². The molecule has 1 unspecified atom stereocenters. The molecule has 2 nitrogen and oxygen atoms in total. The van der Waals surface area contributed by atoms with Crippen molar-refractivity contribution in [3.8, 4) is 0 Å². The summed E-state index contributed by atoms with van der Waals surface area (Å²) >= 11 is 5.54. The first-order chi connectivity index (χ1) is 6.20. The minimum absolute atomic E-state index is 0.599. The van der Waals surface area contributed by atoms with Gasteiger partial charge in [0.05, 0.1) is 0 Å². The molecule has 0 aliphatic rings. The molecular formula is C10H22ClNO. The van der Waals surface area contributed by atoms with Gasteiger partial charge in [-0.15, -0.1) is 0 Å². The SMILES string of the molecule is CCCCN(CCCC)CC(O)Cl. The van der Waals surface area contributed by atoms with Gasteiger partial charge in [-0.3, -0.25) is 4.90 Å². The van der Waals surface area contributed by atoms with Gasteiger partial charge in [0.2, 0.25) is 0 Å². The second-order valence-corrected chi connectivity index (χ2v) is 3.95. The molecule has 0 fully saturated rings. The highest BCUT2D eigenvalue weighted by molar-refractivity contribution is 6.19. The van der Waals surface area contributed by atoms with Crippen LogP contribution in [0, 0.1) is 0 Å². The van der Waals surface area contributed by atoms with Crippen molar-refractivity contribution in [3.05, 3.63) is 0 Å². The van der Waals surface area contributed by atoms with E-state index in [0.29, 0.717) is 6.54 Å². The van der Waals surface area contributed by atoms with Gasteiger partial charge in [0, 0.05) is 6.54 Å². The van der Waals surface area contributed by atoms with Gasteiger partial charge in [0.1, 0.15) is 5.56 Å². The van der Waals surface area contributed by atoms with E-state index >= 15 is 0 Å². The number of nitrogens with zero attached hydrogens (tertiary/aromatic N) is 1. The molecule has 0 spiro atoms. The molecular weight excluding hydrogens is 186 g/mol. The Morgan fingerprint density at radius 2 is 1.62 bits per heavy atom. The molecule has 0 saturated heterocycles. The molecule has 0 aromatic rings. The topological polar surface area (TPSA) is 23.5 Å². The molecule has 0 aliphatic heterocycles. The number of hydrogen-bond donors (Lipinski definition) is 1. The molecule has 0 amide bonds. The van der Waals surface area contributed by atoms with Gasteiger partial charge in [-0.2, -0.15) is 0 Å². The largest absolute Gasteiger partial charge is 0.376 e. The Labute approximate surface area is 86.9 Å². The molecule has 1 N–H and O–H groups in total. The molecule has 1 atom stereocenters. The molecule has 0 heterocycles. The fourth-order valence-electron chi connectivity index (χ4n) is 1.27. The highest BCUT2D eigenvalue weighted by atomic mass is 35.5. The molecule has 0 aliphatic carbocycles. The van der Waals surface area contributed by atoms with Crippen LogP contribution in [0.5, 0.6) is 0 Å². The summed E-state index contributed by atoms with van der Waals surface area (Å²) in [6, 6.07) is 0. The predicted octanol–water partition coefficient (Wildman–Crippen LogP) is 2.45. The van der Waals surface area contributed by atoms with Gasteiger partial charge in [0.15, 0.2) is 0 Å². The van der Waals surface area contributed by atoms with E-state index in [2.05, 4.69) is 18.7 Å². The third-order valence-electron chi connectivity index (χ3n) is 2.06. The minimum Gasteiger partial charge on any atom is -0.376 e. The van der Waals surface area contributed by atoms with Gasteiger partial charge in [-0.05, 0) is 25.9 Å². The first-order valence-corrected chi connectivity index (χ1v) is 5.68. The summed E-state index contributed by atoms with van der Waals surface area (Å²) in [4.78, 5) is 2.24. The summed E-state index contributed by atoms with van der Waals surface area (Å²) in [7, 11) is 0. The molecule has 0 rings (SSSR count). The van der Waals surface area contributed by atoms with E-state index in [1.54, 1.807) is 0 Å². The smallest absolute Gasteiger partial charge is 0.140 e. The van der Waals surface area contributed by atoms with Crippen molar-refractivity contribution in [2.45, 2.75) is 45.1 Å². The Morgan fingerprint density at radius 3 is 1.92 bits per heavy atom. The van der Waals surface area contributed by atoms with Gasteiger partial charge in [-0.1, -0.05) is 38.3 Å². The maximum absolute atomic E-state index is 9.05. The zero-order chi connectivity index (χ0) is 10.1. The van der Waals surface area contributed by atoms with Crippen molar-refractivity contribution in [1.82, 2.24) is 4.90 Å². The maximum atomic E-state index is 9.05. The number of alkyl halides is 1. The quantitative estimate of drug-likeness (QED) is 0.619. The average molecular weight is 208 g/mol. The molecule has 0 radical (unpaired) electrons. The number of hydrogen-bond acceptors (Lipinski definition) is 2. The lowest BCUT2D eigenvalue weighted by Crippen LogP contribution is -2.31. The van der Waals surface area contributed by atoms with E-state index < -0.39 is 5.56 Å². The van der Waals surface area contributed by atoms with Gasteiger partial charge in [-0.25, -0.2) is 0 Å². The van der Waals surface area contributed by atoms with Crippen molar-refractivity contribution < 1.29 is 5.11 Å². The second-order valence-electron chi connectivity index (χ2n) is 3.44. The van der Waals surface area contributed by atoms with Crippen LogP contribution in [-0.4, -0.2) is 35.2 Å². The van der Waals surface area contributed by atoms with E-state index in [4.69, 9.17) is 16.7 Å². The van der Waals surface area contributed by atoms with Gasteiger partial charge >= 0.3 is 0 Å². The molecule has 80 valence electrons. The summed E-state index contributed by atoms with van der Waals surface area (Å²) in [5.41, 5.74) is -0.714. The number of halogens is 1. The Hall–Kier alpha value is 0.210. The normalized spacial score (nSPS) is 13.6. The zero-order valence-electron chi connectivity index (χ0n) is 8.80. The molecule has 0 bridgehead atoms. The third-order valence-corrected chi connectivity index (χ3v) is 2.20. The standard InChI is InChI=1S/C10H22ClNO/c1-3-5-7-12(8-6-4-2)9-10(11)13/h10,13H,3-9H2,1-2H3. The molecule has 0 saturated carbocycles. The number of aliphatic hydroxyl groups excluding tert-OH is 1. The summed E-state index contributed by atoms with van der Waals surface area (Å²) in [5, 5.41) is 9.05. The van der Waals surface area contributed by atoms with Crippen LogP contribution in [-0.2, 0) is 0 Å². The zero-order valence-corrected chi connectivity index (χ0v) is 9.56. The van der Waals surface area contributed by atoms with Gasteiger partial charge < -0.3 is 5.11 Å². The minimum atomic E-state index is -0.714. The van der Waals surface area contributed by atoms with E-state index in [0.717, 1.165) is 13.1 Å². The van der Waals surface area contributed by atoms with Crippen molar-refractivity contribution >= 4 is 11.6 Å². The first-order valence-electron chi connectivity index (χ1n) is 5.25. The Kier molecular flexibility index (Phi) is 8.93. The van der Waals surface area contributed by atoms with E-state index in [9.17, 15) is 0 Å². The molecule has 13 heavy (non-hydrogen) atoms. The van der Waals surface area contributed by atoms with Gasteiger partial charge in [0.25, 0.3) is 0 Å². The first kappa shape index (κ1) is 13.2. The lowest BCUT2D eigenvalue weighted by molar-refractivity contribution is 0.166. The van der Waals surface area contributed by atoms with E-state index in [1.807, 2.05) is 0 Å². The predicted molar refractivity (Wildman–Crippen MR) is 58.1 cm³/mol. The number of rotatable bonds is 8. The molecule has 3 heteroatoms. The van der Waals surface area contributed by atoms with Crippen LogP contribution >= 0.6 is 11.6 Å². The van der Waals surface area contributed by atoms with Crippen LogP contribution in [0.2, 0.25) is 0 Å². The summed E-state index contributed by atoms with van der Waals surface area (Å²) in [6.45, 7) is 7.06. The fourth-order valence-corrected chi connectivity index (χ4v) is 1.47. The van der Waals surface area contributed by atoms with Crippen molar-refractivity contribution in [1.29, 1.82) is 0 Å². The molecule has 0 aromatic carbocycles. The van der Waals surface area contributed by atoms with Crippen molar-refractivity contribution in [3.63, 3.8) is 0 Å². The summed E-state index contributed by atoms with van der Waals surface area (Å²) in [5.74, 6) is 0. The third kappa shape index (κ3) is 8.54. The lowest BCUT2D eigenvalue weighted by atomic mass is 10.2. The Balaban J connectivity index is 3.60. The summed E-state index contributed by atoms with van der Waals surface area (Å²) in [6.07, 6.45) is 4.77. The van der Waals surface area contributed by atoms with Crippen LogP contribution in [0.3, 0.4) is 0 Å². The average Bonchev–Trinajstić information content (AvgIpc) is 2.09. The highest BCUT2D eigenvalue weighted by Gasteiger charge is 2.07. The fraction of sp³-hybridized carbons (Fsp3) is 1.00. The maximum Gasteiger partial charge on any atom is 0.140 e. The number of aliphatic hydroxyl groups is 1. The van der Waals surface area contributed by atoms with Crippen LogP contribution < -0.4 is 0 Å². The Morgan fingerprint density at radius 1 is 1.15 bits per heavy atom. The summed E-state index contributed by atoms with van der Waals surface area (Å²) < 4.78 is 0. The second kappa shape index (κ2) is 8.79. The van der Waals surface area contributed by atoms with Crippen LogP contribution in [0.1, 0.15) is 39.5 Å². The van der Waals surface area contributed by atoms with E-state index in [1.165, 1.54) is 25.7 Å².